The van der Waals surface area contributed by atoms with Gasteiger partial charge >= 0.3 is 0 Å². The van der Waals surface area contributed by atoms with Gasteiger partial charge in [0.25, 0.3) is 0 Å². The summed E-state index contributed by atoms with van der Waals surface area (Å²) >= 11 is 5.76. The van der Waals surface area contributed by atoms with Crippen LogP contribution in [0.4, 0.5) is 4.39 Å². The van der Waals surface area contributed by atoms with Crippen molar-refractivity contribution in [2.45, 2.75) is 19.9 Å². The van der Waals surface area contributed by atoms with Crippen molar-refractivity contribution < 1.29 is 9.18 Å². The number of halogens is 2. The van der Waals surface area contributed by atoms with Gasteiger partial charge in [-0.05, 0) is 42.8 Å². The summed E-state index contributed by atoms with van der Waals surface area (Å²) in [5.41, 5.74) is 4.01. The molecule has 0 atom stereocenters. The number of hydrogen-bond acceptors (Lipinski definition) is 4. The first-order valence-corrected chi connectivity index (χ1v) is 9.34. The molecule has 0 aliphatic heterocycles. The standard InChI is InChI=1S/C21H17ClFN5O/c1-13-6-17(4-5-24-13)28-20-12-25-16(8-15(20)11-27-28)9-21(29)26-10-14-2-3-19(23)18(22)7-14/h2-8,11-12H,9-10H2,1H3,(H,26,29). The van der Waals surface area contributed by atoms with Crippen molar-refractivity contribution in [3.05, 3.63) is 82.8 Å². The summed E-state index contributed by atoms with van der Waals surface area (Å²) in [6.07, 6.45) is 5.32. The number of nitrogens with zero attached hydrogens (tertiary/aromatic N) is 4. The van der Waals surface area contributed by atoms with E-state index in [0.717, 1.165) is 27.8 Å². The minimum Gasteiger partial charge on any atom is -0.352 e. The molecule has 0 unspecified atom stereocenters. The highest BCUT2D eigenvalue weighted by Crippen LogP contribution is 2.19. The van der Waals surface area contributed by atoms with Crippen molar-refractivity contribution in [1.29, 1.82) is 0 Å². The zero-order valence-corrected chi connectivity index (χ0v) is 16.3. The van der Waals surface area contributed by atoms with E-state index in [9.17, 15) is 9.18 Å². The minimum atomic E-state index is -0.485. The molecular weight excluding hydrogens is 393 g/mol. The van der Waals surface area contributed by atoms with Gasteiger partial charge in [-0.3, -0.25) is 14.8 Å². The topological polar surface area (TPSA) is 72.7 Å². The molecule has 0 aliphatic rings. The Balaban J connectivity index is 1.45. The number of carbonyl (C=O) groups is 1. The SMILES string of the molecule is Cc1cc(-n2ncc3cc(CC(=O)NCc4ccc(F)c(Cl)c4)ncc32)ccn1. The van der Waals surface area contributed by atoms with E-state index in [0.29, 0.717) is 5.69 Å². The number of rotatable bonds is 5. The summed E-state index contributed by atoms with van der Waals surface area (Å²) in [4.78, 5) is 20.9. The molecule has 0 saturated carbocycles. The number of benzene rings is 1. The van der Waals surface area contributed by atoms with Crippen LogP contribution < -0.4 is 5.32 Å². The Morgan fingerprint density at radius 3 is 2.83 bits per heavy atom. The second kappa shape index (κ2) is 7.97. The molecule has 1 aromatic carbocycles. The summed E-state index contributed by atoms with van der Waals surface area (Å²) in [5, 5.41) is 8.14. The van der Waals surface area contributed by atoms with E-state index in [4.69, 9.17) is 11.6 Å². The van der Waals surface area contributed by atoms with Gasteiger partial charge in [-0.15, -0.1) is 0 Å². The van der Waals surface area contributed by atoms with Gasteiger partial charge < -0.3 is 5.32 Å². The van der Waals surface area contributed by atoms with Gasteiger partial charge in [0, 0.05) is 23.8 Å². The van der Waals surface area contributed by atoms with E-state index in [2.05, 4.69) is 20.4 Å². The quantitative estimate of drug-likeness (QED) is 0.544. The van der Waals surface area contributed by atoms with Gasteiger partial charge in [-0.25, -0.2) is 9.07 Å². The lowest BCUT2D eigenvalue weighted by molar-refractivity contribution is -0.120. The molecule has 0 bridgehead atoms. The fourth-order valence-electron chi connectivity index (χ4n) is 3.01. The van der Waals surface area contributed by atoms with Crippen LogP contribution in [0.15, 0.2) is 55.0 Å². The van der Waals surface area contributed by atoms with Crippen LogP contribution in [0.25, 0.3) is 16.6 Å². The number of aryl methyl sites for hydroxylation is 1. The van der Waals surface area contributed by atoms with Crippen LogP contribution in [0.5, 0.6) is 0 Å². The van der Waals surface area contributed by atoms with Crippen LogP contribution in [-0.4, -0.2) is 25.7 Å². The Labute approximate surface area is 171 Å². The van der Waals surface area contributed by atoms with Crippen LogP contribution in [-0.2, 0) is 17.8 Å². The lowest BCUT2D eigenvalue weighted by atomic mass is 10.2. The fourth-order valence-corrected chi connectivity index (χ4v) is 3.22. The molecular formula is C21H17ClFN5O. The number of pyridine rings is 2. The molecule has 6 nitrogen and oxygen atoms in total. The molecule has 0 radical (unpaired) electrons. The third-order valence-corrected chi connectivity index (χ3v) is 4.74. The zero-order valence-electron chi connectivity index (χ0n) is 15.6. The maximum absolute atomic E-state index is 13.2. The normalized spacial score (nSPS) is 11.0. The number of aromatic nitrogens is 4. The van der Waals surface area contributed by atoms with Crippen LogP contribution in [0.2, 0.25) is 5.02 Å². The highest BCUT2D eigenvalue weighted by atomic mass is 35.5. The molecule has 1 N–H and O–H groups in total. The van der Waals surface area contributed by atoms with Crippen molar-refractivity contribution in [3.8, 4) is 5.69 Å². The molecule has 0 spiro atoms. The van der Waals surface area contributed by atoms with E-state index in [-0.39, 0.29) is 23.9 Å². The Kier molecular flexibility index (Phi) is 5.22. The third-order valence-electron chi connectivity index (χ3n) is 4.45. The van der Waals surface area contributed by atoms with E-state index < -0.39 is 5.82 Å². The highest BCUT2D eigenvalue weighted by molar-refractivity contribution is 6.30. The maximum Gasteiger partial charge on any atom is 0.226 e. The summed E-state index contributed by atoms with van der Waals surface area (Å²) in [7, 11) is 0. The van der Waals surface area contributed by atoms with Gasteiger partial charge in [0.1, 0.15) is 5.82 Å². The molecule has 146 valence electrons. The molecule has 3 aromatic heterocycles. The predicted molar refractivity (Wildman–Crippen MR) is 108 cm³/mol. The zero-order chi connectivity index (χ0) is 20.4. The molecule has 29 heavy (non-hydrogen) atoms. The summed E-state index contributed by atoms with van der Waals surface area (Å²) in [6.45, 7) is 2.18. The number of carbonyl (C=O) groups excluding carboxylic acids is 1. The fraction of sp³-hybridized carbons (Fsp3) is 0.143. The van der Waals surface area contributed by atoms with Crippen LogP contribution >= 0.6 is 11.6 Å². The maximum atomic E-state index is 13.2. The monoisotopic (exact) mass is 409 g/mol. The number of fused-ring (bicyclic) bond motifs is 1. The van der Waals surface area contributed by atoms with Gasteiger partial charge in [0.15, 0.2) is 0 Å². The van der Waals surface area contributed by atoms with Crippen molar-refractivity contribution >= 4 is 28.4 Å². The number of nitrogens with one attached hydrogen (secondary N) is 1. The first-order chi connectivity index (χ1) is 14.0. The van der Waals surface area contributed by atoms with E-state index in [1.807, 2.05) is 25.1 Å². The average molecular weight is 410 g/mol. The largest absolute Gasteiger partial charge is 0.352 e. The van der Waals surface area contributed by atoms with Gasteiger partial charge in [-0.2, -0.15) is 5.10 Å². The Hall–Kier alpha value is -3.32. The average Bonchev–Trinajstić information content (AvgIpc) is 3.12. The molecule has 0 aliphatic carbocycles. The van der Waals surface area contributed by atoms with Crippen molar-refractivity contribution in [2.24, 2.45) is 0 Å². The highest BCUT2D eigenvalue weighted by Gasteiger charge is 2.10. The molecule has 4 rings (SSSR count). The first kappa shape index (κ1) is 19.0. The summed E-state index contributed by atoms with van der Waals surface area (Å²) in [5.74, 6) is -0.670. The first-order valence-electron chi connectivity index (χ1n) is 8.96. The number of hydrogen-bond donors (Lipinski definition) is 1. The molecule has 0 saturated heterocycles. The molecule has 0 fully saturated rings. The molecule has 1 amide bonds. The van der Waals surface area contributed by atoms with Gasteiger partial charge in [-0.1, -0.05) is 17.7 Å². The Bertz CT molecular complexity index is 1210. The second-order valence-corrected chi connectivity index (χ2v) is 7.06. The van der Waals surface area contributed by atoms with E-state index in [1.165, 1.54) is 12.1 Å². The number of amides is 1. The van der Waals surface area contributed by atoms with Crippen molar-refractivity contribution in [2.75, 3.05) is 0 Å². The van der Waals surface area contributed by atoms with Crippen LogP contribution in [0.1, 0.15) is 17.0 Å². The molecule has 8 heteroatoms. The molecule has 3 heterocycles. The lowest BCUT2D eigenvalue weighted by Gasteiger charge is -2.07. The van der Waals surface area contributed by atoms with Crippen molar-refractivity contribution in [1.82, 2.24) is 25.1 Å². The molecule has 4 aromatic rings. The Morgan fingerprint density at radius 2 is 2.03 bits per heavy atom. The summed E-state index contributed by atoms with van der Waals surface area (Å²) < 4.78 is 15.0. The van der Waals surface area contributed by atoms with Gasteiger partial charge in [0.05, 0.1) is 40.7 Å². The van der Waals surface area contributed by atoms with Crippen molar-refractivity contribution in [3.63, 3.8) is 0 Å². The van der Waals surface area contributed by atoms with E-state index in [1.54, 1.807) is 29.3 Å². The van der Waals surface area contributed by atoms with Crippen LogP contribution in [0, 0.1) is 12.7 Å². The van der Waals surface area contributed by atoms with Crippen LogP contribution in [0.3, 0.4) is 0 Å². The van der Waals surface area contributed by atoms with Gasteiger partial charge in [0.2, 0.25) is 5.91 Å². The lowest BCUT2D eigenvalue weighted by Crippen LogP contribution is -2.24. The minimum absolute atomic E-state index is 0.0327. The second-order valence-electron chi connectivity index (χ2n) is 6.65. The predicted octanol–water partition coefficient (Wildman–Crippen LogP) is 3.78. The Morgan fingerprint density at radius 1 is 1.17 bits per heavy atom. The smallest absolute Gasteiger partial charge is 0.226 e. The van der Waals surface area contributed by atoms with E-state index >= 15 is 0 Å². The summed E-state index contributed by atoms with van der Waals surface area (Å²) in [6, 6.07) is 10.0. The third kappa shape index (κ3) is 4.25.